The van der Waals surface area contributed by atoms with Crippen LogP contribution in [0.3, 0.4) is 0 Å². The summed E-state index contributed by atoms with van der Waals surface area (Å²) in [6.45, 7) is 4.03. The number of hydrogen-bond acceptors (Lipinski definition) is 3. The van der Waals surface area contributed by atoms with Crippen LogP contribution in [-0.2, 0) is 0 Å². The molecule has 0 fully saturated rings. The Morgan fingerprint density at radius 3 is 2.35 bits per heavy atom. The van der Waals surface area contributed by atoms with Gasteiger partial charge in [-0.2, -0.15) is 5.10 Å². The van der Waals surface area contributed by atoms with E-state index in [1.54, 1.807) is 12.4 Å². The molecule has 2 rings (SSSR count). The fraction of sp³-hybridized carbons (Fsp3) is 0.143. The van der Waals surface area contributed by atoms with Crippen molar-refractivity contribution in [3.05, 3.63) is 59.9 Å². The zero-order valence-electron chi connectivity index (χ0n) is 10.0. The van der Waals surface area contributed by atoms with Crippen LogP contribution in [0, 0.1) is 6.92 Å². The molecule has 3 nitrogen and oxygen atoms in total. The third-order valence-electron chi connectivity index (χ3n) is 2.50. The highest BCUT2D eigenvalue weighted by Crippen LogP contribution is 2.09. The van der Waals surface area contributed by atoms with Gasteiger partial charge in [0.2, 0.25) is 0 Å². The summed E-state index contributed by atoms with van der Waals surface area (Å²) in [4.78, 5) is 3.98. The second kappa shape index (κ2) is 5.25. The minimum Gasteiger partial charge on any atom is -0.278 e. The van der Waals surface area contributed by atoms with Crippen molar-refractivity contribution in [2.75, 3.05) is 5.43 Å². The van der Waals surface area contributed by atoms with E-state index in [1.165, 1.54) is 5.56 Å². The number of hydrazone groups is 1. The lowest BCUT2D eigenvalue weighted by atomic mass is 10.2. The maximum Gasteiger partial charge on any atom is 0.0649 e. The van der Waals surface area contributed by atoms with Gasteiger partial charge in [0, 0.05) is 18.0 Å². The normalized spacial score (nSPS) is 11.3. The van der Waals surface area contributed by atoms with Gasteiger partial charge in [-0.05, 0) is 38.1 Å². The number of benzene rings is 1. The average molecular weight is 225 g/mol. The molecule has 2 aromatic rings. The number of aromatic nitrogens is 1. The van der Waals surface area contributed by atoms with Gasteiger partial charge >= 0.3 is 0 Å². The van der Waals surface area contributed by atoms with Gasteiger partial charge in [-0.1, -0.05) is 17.7 Å². The van der Waals surface area contributed by atoms with Gasteiger partial charge in [0.05, 0.1) is 11.4 Å². The summed E-state index contributed by atoms with van der Waals surface area (Å²) in [5.41, 5.74) is 7.28. The number of nitrogens with zero attached hydrogens (tertiary/aromatic N) is 2. The highest BCUT2D eigenvalue weighted by Gasteiger charge is 1.95. The van der Waals surface area contributed by atoms with Crippen molar-refractivity contribution >= 4 is 11.4 Å². The molecular weight excluding hydrogens is 210 g/mol. The van der Waals surface area contributed by atoms with Gasteiger partial charge in [-0.25, -0.2) is 0 Å². The Morgan fingerprint density at radius 1 is 1.06 bits per heavy atom. The van der Waals surface area contributed by atoms with E-state index in [-0.39, 0.29) is 0 Å². The van der Waals surface area contributed by atoms with Crippen LogP contribution in [0.2, 0.25) is 0 Å². The fourth-order valence-electron chi connectivity index (χ4n) is 1.43. The zero-order chi connectivity index (χ0) is 12.1. The number of pyridine rings is 1. The summed E-state index contributed by atoms with van der Waals surface area (Å²) in [6.07, 6.45) is 3.53. The van der Waals surface area contributed by atoms with Crippen LogP contribution in [0.5, 0.6) is 0 Å². The van der Waals surface area contributed by atoms with Crippen LogP contribution in [0.15, 0.2) is 53.9 Å². The third kappa shape index (κ3) is 3.14. The smallest absolute Gasteiger partial charge is 0.0649 e. The minimum absolute atomic E-state index is 0.938. The number of aryl methyl sites for hydroxylation is 1. The Hall–Kier alpha value is -2.16. The maximum atomic E-state index is 4.33. The molecule has 0 aliphatic heterocycles. The van der Waals surface area contributed by atoms with Gasteiger partial charge < -0.3 is 0 Å². The molecule has 0 spiro atoms. The number of nitrogens with one attached hydrogen (secondary N) is 1. The molecule has 17 heavy (non-hydrogen) atoms. The lowest BCUT2D eigenvalue weighted by Gasteiger charge is -2.03. The lowest BCUT2D eigenvalue weighted by molar-refractivity contribution is 1.29. The molecule has 1 N–H and O–H groups in total. The molecule has 0 aliphatic carbocycles. The molecule has 0 unspecified atom stereocenters. The molecule has 1 heterocycles. The van der Waals surface area contributed by atoms with E-state index < -0.39 is 0 Å². The van der Waals surface area contributed by atoms with Crippen molar-refractivity contribution < 1.29 is 0 Å². The molecule has 0 bridgehead atoms. The first-order chi connectivity index (χ1) is 8.25. The van der Waals surface area contributed by atoms with E-state index in [4.69, 9.17) is 0 Å². The van der Waals surface area contributed by atoms with Crippen LogP contribution < -0.4 is 5.43 Å². The van der Waals surface area contributed by atoms with Crippen molar-refractivity contribution in [3.63, 3.8) is 0 Å². The standard InChI is InChI=1S/C14H15N3/c1-11-3-5-14(6-4-11)17-16-12(2)13-7-9-15-10-8-13/h3-10,17H,1-2H3/b16-12-. The van der Waals surface area contributed by atoms with Crippen molar-refractivity contribution in [3.8, 4) is 0 Å². The van der Waals surface area contributed by atoms with Gasteiger partial charge in [-0.15, -0.1) is 0 Å². The summed E-state index contributed by atoms with van der Waals surface area (Å²) in [5, 5.41) is 4.33. The van der Waals surface area contributed by atoms with E-state index in [1.807, 2.05) is 31.2 Å². The predicted octanol–water partition coefficient (Wildman–Crippen LogP) is 3.23. The van der Waals surface area contributed by atoms with E-state index in [0.29, 0.717) is 0 Å². The minimum atomic E-state index is 0.938. The fourth-order valence-corrected chi connectivity index (χ4v) is 1.43. The van der Waals surface area contributed by atoms with Crippen molar-refractivity contribution in [1.82, 2.24) is 4.98 Å². The van der Waals surface area contributed by atoms with Crippen molar-refractivity contribution in [1.29, 1.82) is 0 Å². The molecule has 0 atom stereocenters. The first kappa shape index (κ1) is 11.3. The second-order valence-electron chi connectivity index (χ2n) is 3.91. The van der Waals surface area contributed by atoms with Gasteiger partial charge in [0.25, 0.3) is 0 Å². The van der Waals surface area contributed by atoms with Gasteiger partial charge in [0.1, 0.15) is 0 Å². The SMILES string of the molecule is C/C(=N/Nc1ccc(C)cc1)c1ccncc1. The predicted molar refractivity (Wildman–Crippen MR) is 71.2 cm³/mol. The highest BCUT2D eigenvalue weighted by molar-refractivity contribution is 5.98. The molecule has 1 aromatic heterocycles. The Morgan fingerprint density at radius 2 is 1.71 bits per heavy atom. The van der Waals surface area contributed by atoms with Crippen LogP contribution >= 0.6 is 0 Å². The molecule has 0 aliphatic rings. The van der Waals surface area contributed by atoms with E-state index in [2.05, 4.69) is 34.6 Å². The molecule has 0 amide bonds. The molecule has 86 valence electrons. The summed E-state index contributed by atoms with van der Waals surface area (Å²) >= 11 is 0. The summed E-state index contributed by atoms with van der Waals surface area (Å²) < 4.78 is 0. The third-order valence-corrected chi connectivity index (χ3v) is 2.50. The van der Waals surface area contributed by atoms with E-state index in [0.717, 1.165) is 17.0 Å². The van der Waals surface area contributed by atoms with Crippen molar-refractivity contribution in [2.45, 2.75) is 13.8 Å². The molecule has 1 aromatic carbocycles. The van der Waals surface area contributed by atoms with Gasteiger partial charge in [0.15, 0.2) is 0 Å². The maximum absolute atomic E-state index is 4.33. The summed E-state index contributed by atoms with van der Waals surface area (Å²) in [6, 6.07) is 12.0. The Bertz CT molecular complexity index is 501. The first-order valence-corrected chi connectivity index (χ1v) is 5.53. The van der Waals surface area contributed by atoms with Crippen LogP contribution in [0.1, 0.15) is 18.1 Å². The first-order valence-electron chi connectivity index (χ1n) is 5.53. The van der Waals surface area contributed by atoms with Gasteiger partial charge in [-0.3, -0.25) is 10.4 Å². The topological polar surface area (TPSA) is 37.3 Å². The Balaban J connectivity index is 2.08. The number of hydrogen-bond donors (Lipinski definition) is 1. The van der Waals surface area contributed by atoms with E-state index >= 15 is 0 Å². The highest BCUT2D eigenvalue weighted by atomic mass is 15.3. The summed E-state index contributed by atoms with van der Waals surface area (Å²) in [5.74, 6) is 0. The van der Waals surface area contributed by atoms with E-state index in [9.17, 15) is 0 Å². The zero-order valence-corrected chi connectivity index (χ0v) is 10.0. The largest absolute Gasteiger partial charge is 0.278 e. The molecule has 0 saturated heterocycles. The molecular formula is C14H15N3. The Kier molecular flexibility index (Phi) is 3.50. The molecule has 0 saturated carbocycles. The average Bonchev–Trinajstić information content (AvgIpc) is 2.39. The number of anilines is 1. The number of rotatable bonds is 3. The lowest BCUT2D eigenvalue weighted by Crippen LogP contribution is -1.99. The van der Waals surface area contributed by atoms with Crippen molar-refractivity contribution in [2.24, 2.45) is 5.10 Å². The quantitative estimate of drug-likeness (QED) is 0.643. The molecule has 0 radical (unpaired) electrons. The molecule has 3 heteroatoms. The summed E-state index contributed by atoms with van der Waals surface area (Å²) in [7, 11) is 0. The van der Waals surface area contributed by atoms with Crippen LogP contribution in [-0.4, -0.2) is 10.7 Å². The van der Waals surface area contributed by atoms with Crippen LogP contribution in [0.25, 0.3) is 0 Å². The van der Waals surface area contributed by atoms with Crippen LogP contribution in [0.4, 0.5) is 5.69 Å². The monoisotopic (exact) mass is 225 g/mol. The Labute approximate surface area is 101 Å². The second-order valence-corrected chi connectivity index (χ2v) is 3.91.